The lowest BCUT2D eigenvalue weighted by atomic mass is 9.86. The van der Waals surface area contributed by atoms with Crippen molar-refractivity contribution in [1.82, 2.24) is 15.8 Å². The van der Waals surface area contributed by atoms with Gasteiger partial charge in [-0.3, -0.25) is 15.0 Å². The number of aliphatic hydroxyl groups is 1. The van der Waals surface area contributed by atoms with E-state index in [4.69, 9.17) is 5.73 Å². The maximum absolute atomic E-state index is 13.2. The summed E-state index contributed by atoms with van der Waals surface area (Å²) in [6.07, 6.45) is -0.782. The topological polar surface area (TPSA) is 134 Å². The van der Waals surface area contributed by atoms with Crippen molar-refractivity contribution in [3.63, 3.8) is 0 Å². The number of ether oxygens (including phenoxy) is 1. The second-order valence-electron chi connectivity index (χ2n) is 9.31. The molecule has 184 valence electrons. The van der Waals surface area contributed by atoms with E-state index < -0.39 is 35.0 Å². The third-order valence-electron chi connectivity index (χ3n) is 5.31. The molecule has 34 heavy (non-hydrogen) atoms. The van der Waals surface area contributed by atoms with Crippen molar-refractivity contribution < 1.29 is 24.2 Å². The quantitative estimate of drug-likeness (QED) is 0.391. The van der Waals surface area contributed by atoms with Crippen LogP contribution in [0.4, 0.5) is 4.79 Å². The van der Waals surface area contributed by atoms with Crippen LogP contribution in [0.25, 0.3) is 0 Å². The van der Waals surface area contributed by atoms with Gasteiger partial charge in [-0.2, -0.15) is 0 Å². The third-order valence-corrected chi connectivity index (χ3v) is 5.31. The van der Waals surface area contributed by atoms with Crippen molar-refractivity contribution in [2.45, 2.75) is 45.4 Å². The third kappa shape index (κ3) is 7.86. The molecule has 2 atom stereocenters. The van der Waals surface area contributed by atoms with Crippen molar-refractivity contribution in [2.24, 2.45) is 11.1 Å². The SMILES string of the molecule is COC(=O)NC(C(=O)NN(Cc1ccccc1)C[C@](O)(Cc1ccccc1)C(N)=O)C(C)(C)C. The molecule has 2 rings (SSSR count). The van der Waals surface area contributed by atoms with E-state index in [1.54, 1.807) is 45.0 Å². The maximum Gasteiger partial charge on any atom is 0.407 e. The second-order valence-corrected chi connectivity index (χ2v) is 9.31. The molecule has 9 nitrogen and oxygen atoms in total. The summed E-state index contributed by atoms with van der Waals surface area (Å²) in [7, 11) is 1.21. The average Bonchev–Trinajstić information content (AvgIpc) is 2.77. The van der Waals surface area contributed by atoms with E-state index in [9.17, 15) is 19.5 Å². The Hall–Kier alpha value is -3.43. The monoisotopic (exact) mass is 470 g/mol. The number of hydrogen-bond acceptors (Lipinski definition) is 6. The molecule has 0 saturated heterocycles. The number of nitrogens with zero attached hydrogens (tertiary/aromatic N) is 1. The number of benzene rings is 2. The van der Waals surface area contributed by atoms with Gasteiger partial charge in [0, 0.05) is 13.0 Å². The molecule has 9 heteroatoms. The van der Waals surface area contributed by atoms with E-state index in [1.165, 1.54) is 12.1 Å². The Labute approximate surface area is 200 Å². The first-order chi connectivity index (χ1) is 15.9. The zero-order chi connectivity index (χ0) is 25.4. The Morgan fingerprint density at radius 2 is 1.53 bits per heavy atom. The van der Waals surface area contributed by atoms with Crippen LogP contribution in [0.15, 0.2) is 60.7 Å². The van der Waals surface area contributed by atoms with E-state index in [0.717, 1.165) is 11.1 Å². The minimum absolute atomic E-state index is 0.0343. The number of hydrogen-bond donors (Lipinski definition) is 4. The molecule has 0 aliphatic rings. The number of hydrazine groups is 1. The lowest BCUT2D eigenvalue weighted by Gasteiger charge is -2.35. The molecule has 0 heterocycles. The van der Waals surface area contributed by atoms with Crippen molar-refractivity contribution in [3.05, 3.63) is 71.8 Å². The molecule has 0 radical (unpaired) electrons. The number of alkyl carbamates (subject to hydrolysis) is 1. The number of carbonyl (C=O) groups is 3. The molecule has 0 bridgehead atoms. The van der Waals surface area contributed by atoms with E-state index in [-0.39, 0.29) is 19.5 Å². The minimum atomic E-state index is -1.96. The highest BCUT2D eigenvalue weighted by molar-refractivity contribution is 5.86. The fourth-order valence-corrected chi connectivity index (χ4v) is 3.48. The van der Waals surface area contributed by atoms with Gasteiger partial charge in [-0.1, -0.05) is 81.4 Å². The van der Waals surface area contributed by atoms with Crippen LogP contribution in [0, 0.1) is 5.41 Å². The van der Waals surface area contributed by atoms with Gasteiger partial charge in [0.1, 0.15) is 6.04 Å². The highest BCUT2D eigenvalue weighted by Crippen LogP contribution is 2.21. The van der Waals surface area contributed by atoms with Crippen LogP contribution in [-0.2, 0) is 27.3 Å². The number of methoxy groups -OCH3 is 1. The van der Waals surface area contributed by atoms with Gasteiger partial charge in [-0.05, 0) is 16.5 Å². The molecular formula is C25H34N4O5. The smallest absolute Gasteiger partial charge is 0.407 e. The van der Waals surface area contributed by atoms with Gasteiger partial charge < -0.3 is 20.9 Å². The Kier molecular flexibility index (Phi) is 9.17. The van der Waals surface area contributed by atoms with E-state index in [1.807, 2.05) is 36.4 Å². The second kappa shape index (κ2) is 11.6. The molecule has 3 amide bonds. The van der Waals surface area contributed by atoms with Crippen LogP contribution in [-0.4, -0.2) is 53.3 Å². The predicted octanol–water partition coefficient (Wildman–Crippen LogP) is 1.75. The van der Waals surface area contributed by atoms with Gasteiger partial charge in [0.05, 0.1) is 13.7 Å². The maximum atomic E-state index is 13.2. The number of amides is 3. The van der Waals surface area contributed by atoms with Crippen LogP contribution in [0.1, 0.15) is 31.9 Å². The Morgan fingerprint density at radius 1 is 1.00 bits per heavy atom. The van der Waals surface area contributed by atoms with Gasteiger partial charge in [0.25, 0.3) is 11.8 Å². The molecule has 1 unspecified atom stereocenters. The largest absolute Gasteiger partial charge is 0.453 e. The summed E-state index contributed by atoms with van der Waals surface area (Å²) in [6.45, 7) is 5.30. The van der Waals surface area contributed by atoms with Crippen LogP contribution >= 0.6 is 0 Å². The van der Waals surface area contributed by atoms with Crippen LogP contribution < -0.4 is 16.5 Å². The summed E-state index contributed by atoms with van der Waals surface area (Å²) in [5.41, 5.74) is 7.30. The van der Waals surface area contributed by atoms with Gasteiger partial charge in [-0.25, -0.2) is 9.80 Å². The van der Waals surface area contributed by atoms with E-state index >= 15 is 0 Å². The molecule has 0 aliphatic carbocycles. The van der Waals surface area contributed by atoms with Crippen LogP contribution in [0.5, 0.6) is 0 Å². The zero-order valence-corrected chi connectivity index (χ0v) is 20.1. The Balaban J connectivity index is 2.33. The standard InChI is InChI=1S/C25H34N4O5/c1-24(2,3)20(27-23(32)34-4)21(30)28-29(16-19-13-9-6-10-14-19)17-25(33,22(26)31)15-18-11-7-5-8-12-18/h5-14,20,33H,15-17H2,1-4H3,(H2,26,31)(H,27,32)(H,28,30)/t20?,25-/m1/s1. The molecular weight excluding hydrogens is 436 g/mol. The fraction of sp³-hybridized carbons (Fsp3) is 0.400. The molecule has 5 N–H and O–H groups in total. The number of nitrogens with one attached hydrogen (secondary N) is 2. The van der Waals surface area contributed by atoms with Crippen LogP contribution in [0.2, 0.25) is 0 Å². The van der Waals surface area contributed by atoms with Gasteiger partial charge in [0.15, 0.2) is 5.60 Å². The lowest BCUT2D eigenvalue weighted by Crippen LogP contribution is -2.61. The number of rotatable bonds is 10. The van der Waals surface area contributed by atoms with Gasteiger partial charge in [0.2, 0.25) is 0 Å². The summed E-state index contributed by atoms with van der Waals surface area (Å²) in [4.78, 5) is 37.4. The lowest BCUT2D eigenvalue weighted by molar-refractivity contribution is -0.143. The van der Waals surface area contributed by atoms with Crippen LogP contribution in [0.3, 0.4) is 0 Å². The van der Waals surface area contributed by atoms with E-state index in [0.29, 0.717) is 0 Å². The molecule has 2 aromatic rings. The number of carbonyl (C=O) groups excluding carboxylic acids is 3. The molecule has 2 aromatic carbocycles. The first-order valence-electron chi connectivity index (χ1n) is 10.9. The summed E-state index contributed by atoms with van der Waals surface area (Å²) < 4.78 is 4.66. The molecule has 0 aromatic heterocycles. The molecule has 0 fully saturated rings. The minimum Gasteiger partial charge on any atom is -0.453 e. The highest BCUT2D eigenvalue weighted by Gasteiger charge is 2.39. The molecule has 0 saturated carbocycles. The van der Waals surface area contributed by atoms with Crippen molar-refractivity contribution in [3.8, 4) is 0 Å². The molecule has 0 aliphatic heterocycles. The van der Waals surface area contributed by atoms with Gasteiger partial charge in [-0.15, -0.1) is 0 Å². The predicted molar refractivity (Wildman–Crippen MR) is 128 cm³/mol. The van der Waals surface area contributed by atoms with Gasteiger partial charge >= 0.3 is 6.09 Å². The number of nitrogens with two attached hydrogens (primary N) is 1. The highest BCUT2D eigenvalue weighted by atomic mass is 16.5. The van der Waals surface area contributed by atoms with Crippen molar-refractivity contribution >= 4 is 17.9 Å². The first-order valence-corrected chi connectivity index (χ1v) is 10.9. The van der Waals surface area contributed by atoms with Crippen molar-refractivity contribution in [2.75, 3.05) is 13.7 Å². The summed E-state index contributed by atoms with van der Waals surface area (Å²) in [5.74, 6) is -1.44. The fourth-order valence-electron chi connectivity index (χ4n) is 3.48. The number of primary amides is 1. The van der Waals surface area contributed by atoms with Crippen molar-refractivity contribution in [1.29, 1.82) is 0 Å². The summed E-state index contributed by atoms with van der Waals surface area (Å²) >= 11 is 0. The summed E-state index contributed by atoms with van der Waals surface area (Å²) in [6, 6.07) is 17.3. The first kappa shape index (κ1) is 26.8. The van der Waals surface area contributed by atoms with E-state index in [2.05, 4.69) is 15.5 Å². The average molecular weight is 471 g/mol. The molecule has 0 spiro atoms. The Morgan fingerprint density at radius 3 is 2.00 bits per heavy atom. The zero-order valence-electron chi connectivity index (χ0n) is 20.1. The Bertz CT molecular complexity index is 962. The summed E-state index contributed by atoms with van der Waals surface area (Å²) in [5, 5.41) is 15.2. The normalized spacial score (nSPS) is 14.1.